The van der Waals surface area contributed by atoms with Gasteiger partial charge in [-0.3, -0.25) is 0 Å². The summed E-state index contributed by atoms with van der Waals surface area (Å²) in [5, 5.41) is 20.4. The fraction of sp³-hybridized carbons (Fsp3) is 0.300. The lowest BCUT2D eigenvalue weighted by Crippen LogP contribution is -2.21. The largest absolute Gasteiger partial charge is 0.390 e. The molecule has 2 N–H and O–H groups in total. The average molecular weight is 229 g/mol. The molecule has 1 atom stereocenters. The lowest BCUT2D eigenvalue weighted by molar-refractivity contribution is 0.211. The van der Waals surface area contributed by atoms with Crippen molar-refractivity contribution in [3.05, 3.63) is 29.6 Å². The van der Waals surface area contributed by atoms with Gasteiger partial charge in [0.2, 0.25) is 0 Å². The lowest BCUT2D eigenvalue weighted by Gasteiger charge is -2.10. The Kier molecular flexibility index (Phi) is 4.35. The van der Waals surface area contributed by atoms with Crippen LogP contribution in [0.5, 0.6) is 0 Å². The van der Waals surface area contributed by atoms with Gasteiger partial charge in [-0.1, -0.05) is 0 Å². The van der Waals surface area contributed by atoms with Crippen molar-refractivity contribution in [3.8, 4) is 6.07 Å². The Hall–Kier alpha value is -1.31. The van der Waals surface area contributed by atoms with Crippen molar-refractivity contribution >= 4 is 17.3 Å². The van der Waals surface area contributed by atoms with Crippen LogP contribution >= 0.6 is 11.6 Å². The first-order chi connectivity index (χ1) is 7.17. The van der Waals surface area contributed by atoms with E-state index in [2.05, 4.69) is 5.32 Å². The summed E-state index contributed by atoms with van der Waals surface area (Å²) in [6.45, 7) is 0.173. The third-order valence-corrected chi connectivity index (χ3v) is 2.16. The Bertz CT molecular complexity index is 378. The van der Waals surface area contributed by atoms with E-state index < -0.39 is 11.9 Å². The van der Waals surface area contributed by atoms with Crippen molar-refractivity contribution in [1.82, 2.24) is 0 Å². The second-order valence-electron chi connectivity index (χ2n) is 3.00. The normalized spacial score (nSPS) is 11.9. The molecule has 0 bridgehead atoms. The van der Waals surface area contributed by atoms with Crippen LogP contribution in [0.1, 0.15) is 5.56 Å². The zero-order valence-corrected chi connectivity index (χ0v) is 8.63. The van der Waals surface area contributed by atoms with Crippen LogP contribution in [0.4, 0.5) is 10.1 Å². The minimum atomic E-state index is -0.721. The van der Waals surface area contributed by atoms with Crippen LogP contribution in [0.2, 0.25) is 0 Å². The Morgan fingerprint density at radius 3 is 2.87 bits per heavy atom. The number of hydrogen-bond acceptors (Lipinski definition) is 3. The molecule has 0 aromatic heterocycles. The molecule has 80 valence electrons. The molecule has 0 amide bonds. The number of hydrogen-bond donors (Lipinski definition) is 2. The molecule has 3 nitrogen and oxygen atoms in total. The summed E-state index contributed by atoms with van der Waals surface area (Å²) in [5.41, 5.74) is 0.508. The Morgan fingerprint density at radius 1 is 1.60 bits per heavy atom. The number of aliphatic hydroxyl groups excluding tert-OH is 1. The highest BCUT2D eigenvalue weighted by Gasteiger charge is 2.05. The first kappa shape index (κ1) is 11.8. The Morgan fingerprint density at radius 2 is 2.33 bits per heavy atom. The maximum atomic E-state index is 13.3. The number of benzene rings is 1. The van der Waals surface area contributed by atoms with E-state index in [1.165, 1.54) is 12.1 Å². The Balaban J connectivity index is 2.67. The molecule has 5 heteroatoms. The van der Waals surface area contributed by atoms with Gasteiger partial charge in [0.25, 0.3) is 0 Å². The summed E-state index contributed by atoms with van der Waals surface area (Å²) in [6.07, 6.45) is -0.721. The highest BCUT2D eigenvalue weighted by atomic mass is 35.5. The van der Waals surface area contributed by atoms with E-state index in [4.69, 9.17) is 22.0 Å². The van der Waals surface area contributed by atoms with Gasteiger partial charge in [-0.05, 0) is 18.2 Å². The number of nitriles is 1. The number of nitrogens with zero attached hydrogens (tertiary/aromatic N) is 1. The molecular formula is C10H10ClFN2O. The van der Waals surface area contributed by atoms with Gasteiger partial charge in [-0.25, -0.2) is 4.39 Å². The van der Waals surface area contributed by atoms with Gasteiger partial charge in [0, 0.05) is 6.54 Å². The molecule has 0 saturated carbocycles. The summed E-state index contributed by atoms with van der Waals surface area (Å²) in [4.78, 5) is 0. The van der Waals surface area contributed by atoms with Crippen molar-refractivity contribution in [1.29, 1.82) is 5.26 Å². The number of aliphatic hydroxyl groups is 1. The van der Waals surface area contributed by atoms with E-state index in [-0.39, 0.29) is 23.7 Å². The quantitative estimate of drug-likeness (QED) is 0.772. The van der Waals surface area contributed by atoms with Gasteiger partial charge in [-0.15, -0.1) is 11.6 Å². The highest BCUT2D eigenvalue weighted by molar-refractivity contribution is 6.18. The fourth-order valence-corrected chi connectivity index (χ4v) is 1.12. The molecule has 0 saturated heterocycles. The maximum Gasteiger partial charge on any atom is 0.147 e. The second kappa shape index (κ2) is 5.54. The summed E-state index contributed by atoms with van der Waals surface area (Å²) >= 11 is 5.38. The van der Waals surface area contributed by atoms with Crippen LogP contribution in [0, 0.1) is 17.1 Å². The first-order valence-corrected chi connectivity index (χ1v) is 4.88. The van der Waals surface area contributed by atoms with E-state index in [0.29, 0.717) is 0 Å². The number of rotatable bonds is 4. The summed E-state index contributed by atoms with van der Waals surface area (Å²) in [7, 11) is 0. The van der Waals surface area contributed by atoms with Gasteiger partial charge in [0.15, 0.2) is 0 Å². The predicted molar refractivity (Wildman–Crippen MR) is 56.3 cm³/mol. The van der Waals surface area contributed by atoms with Crippen LogP contribution in [0.25, 0.3) is 0 Å². The Labute approximate surface area is 92.1 Å². The summed E-state index contributed by atoms with van der Waals surface area (Å²) in [5.74, 6) is -0.430. The molecule has 1 unspecified atom stereocenters. The van der Waals surface area contributed by atoms with Crippen molar-refractivity contribution in [3.63, 3.8) is 0 Å². The topological polar surface area (TPSA) is 56.0 Å². The minimum absolute atomic E-state index is 0.0882. The van der Waals surface area contributed by atoms with Crippen LogP contribution in [0.3, 0.4) is 0 Å². The van der Waals surface area contributed by atoms with Crippen LogP contribution in [-0.4, -0.2) is 23.6 Å². The average Bonchev–Trinajstić information content (AvgIpc) is 2.26. The van der Waals surface area contributed by atoms with E-state index >= 15 is 0 Å². The van der Waals surface area contributed by atoms with Gasteiger partial charge < -0.3 is 10.4 Å². The molecule has 0 fully saturated rings. The fourth-order valence-electron chi connectivity index (χ4n) is 1.01. The molecular weight excluding hydrogens is 219 g/mol. The van der Waals surface area contributed by atoms with Gasteiger partial charge >= 0.3 is 0 Å². The third-order valence-electron chi connectivity index (χ3n) is 1.80. The number of halogens is 2. The zero-order valence-electron chi connectivity index (χ0n) is 7.87. The maximum absolute atomic E-state index is 13.3. The monoisotopic (exact) mass is 228 g/mol. The van der Waals surface area contributed by atoms with Crippen LogP contribution in [0.15, 0.2) is 18.2 Å². The molecule has 1 aromatic rings. The van der Waals surface area contributed by atoms with Gasteiger partial charge in [0.1, 0.15) is 5.82 Å². The third kappa shape index (κ3) is 3.39. The molecule has 0 aliphatic rings. The second-order valence-corrected chi connectivity index (χ2v) is 3.30. The van der Waals surface area contributed by atoms with Crippen molar-refractivity contribution < 1.29 is 9.50 Å². The number of alkyl halides is 1. The van der Waals surface area contributed by atoms with Crippen LogP contribution in [-0.2, 0) is 0 Å². The molecule has 15 heavy (non-hydrogen) atoms. The zero-order chi connectivity index (χ0) is 11.3. The minimum Gasteiger partial charge on any atom is -0.390 e. The van der Waals surface area contributed by atoms with E-state index in [0.717, 1.165) is 6.07 Å². The number of nitrogens with one attached hydrogen (secondary N) is 1. The molecule has 0 spiro atoms. The molecule has 0 heterocycles. The highest BCUT2D eigenvalue weighted by Crippen LogP contribution is 2.15. The lowest BCUT2D eigenvalue weighted by atomic mass is 10.2. The summed E-state index contributed by atoms with van der Waals surface area (Å²) in [6, 6.07) is 5.92. The molecule has 0 radical (unpaired) electrons. The number of anilines is 1. The van der Waals surface area contributed by atoms with Gasteiger partial charge in [-0.2, -0.15) is 5.26 Å². The van der Waals surface area contributed by atoms with E-state index in [9.17, 15) is 4.39 Å². The molecule has 0 aliphatic heterocycles. The summed E-state index contributed by atoms with van der Waals surface area (Å²) < 4.78 is 13.3. The standard InChI is InChI=1S/C10H10ClFN2O/c11-4-8(15)6-14-10-2-1-7(5-13)3-9(10)12/h1-3,8,14-15H,4,6H2. The first-order valence-electron chi connectivity index (χ1n) is 4.35. The van der Waals surface area contributed by atoms with Crippen molar-refractivity contribution in [2.24, 2.45) is 0 Å². The van der Waals surface area contributed by atoms with Crippen molar-refractivity contribution in [2.45, 2.75) is 6.10 Å². The molecule has 1 aromatic carbocycles. The van der Waals surface area contributed by atoms with Crippen molar-refractivity contribution in [2.75, 3.05) is 17.7 Å². The smallest absolute Gasteiger partial charge is 0.147 e. The molecule has 1 rings (SSSR count). The SMILES string of the molecule is N#Cc1ccc(NCC(O)CCl)c(F)c1. The predicted octanol–water partition coefficient (Wildman–Crippen LogP) is 1.71. The van der Waals surface area contributed by atoms with Gasteiger partial charge in [0.05, 0.1) is 29.3 Å². The van der Waals surface area contributed by atoms with E-state index in [1.807, 2.05) is 6.07 Å². The van der Waals surface area contributed by atoms with E-state index in [1.54, 1.807) is 0 Å². The molecule has 0 aliphatic carbocycles. The van der Waals surface area contributed by atoms with Crippen LogP contribution < -0.4 is 5.32 Å².